The van der Waals surface area contributed by atoms with E-state index in [0.717, 1.165) is 53.1 Å². The van der Waals surface area contributed by atoms with E-state index in [9.17, 15) is 0 Å². The number of benzene rings is 2. The maximum absolute atomic E-state index is 5.40. The third kappa shape index (κ3) is 3.05. The van der Waals surface area contributed by atoms with Gasteiger partial charge in [0, 0.05) is 48.3 Å². The summed E-state index contributed by atoms with van der Waals surface area (Å²) in [6, 6.07) is 15.1. The molecule has 2 aromatic carbocycles. The van der Waals surface area contributed by atoms with E-state index in [0.29, 0.717) is 6.04 Å². The Kier molecular flexibility index (Phi) is 4.27. The highest BCUT2D eigenvalue weighted by atomic mass is 16.5. The Labute approximate surface area is 170 Å². The maximum Gasteiger partial charge on any atom is 0.156 e. The van der Waals surface area contributed by atoms with Gasteiger partial charge in [-0.15, -0.1) is 0 Å². The van der Waals surface area contributed by atoms with Crippen LogP contribution in [0.1, 0.15) is 12.5 Å². The number of rotatable bonds is 3. The SMILES string of the molecule is COc1cccc(N2CCN(c3ncnc4c3[nH]c3ccc(C)cc34)CC2C)c1. The van der Waals surface area contributed by atoms with Crippen molar-refractivity contribution in [2.45, 2.75) is 19.9 Å². The number of H-pyrrole nitrogens is 1. The summed E-state index contributed by atoms with van der Waals surface area (Å²) in [6.07, 6.45) is 1.69. The minimum Gasteiger partial charge on any atom is -0.497 e. The van der Waals surface area contributed by atoms with Gasteiger partial charge in [-0.3, -0.25) is 0 Å². The van der Waals surface area contributed by atoms with Gasteiger partial charge in [-0.25, -0.2) is 9.97 Å². The van der Waals surface area contributed by atoms with Crippen LogP contribution in [-0.4, -0.2) is 47.7 Å². The number of piperazine rings is 1. The molecule has 6 nitrogen and oxygen atoms in total. The predicted molar refractivity (Wildman–Crippen MR) is 118 cm³/mol. The lowest BCUT2D eigenvalue weighted by atomic mass is 10.1. The number of methoxy groups -OCH3 is 1. The van der Waals surface area contributed by atoms with Crippen molar-refractivity contribution in [2.24, 2.45) is 0 Å². The van der Waals surface area contributed by atoms with Crippen LogP contribution in [0, 0.1) is 6.92 Å². The molecule has 3 heterocycles. The number of anilines is 2. The van der Waals surface area contributed by atoms with E-state index in [-0.39, 0.29) is 0 Å². The molecule has 6 heteroatoms. The van der Waals surface area contributed by atoms with Gasteiger partial charge < -0.3 is 19.5 Å². The Balaban J connectivity index is 1.47. The van der Waals surface area contributed by atoms with Crippen LogP contribution < -0.4 is 14.5 Å². The molecule has 148 valence electrons. The Bertz CT molecular complexity index is 1180. The van der Waals surface area contributed by atoms with Gasteiger partial charge in [-0.05, 0) is 38.1 Å². The minimum atomic E-state index is 0.354. The maximum atomic E-state index is 5.40. The van der Waals surface area contributed by atoms with Gasteiger partial charge >= 0.3 is 0 Å². The van der Waals surface area contributed by atoms with Gasteiger partial charge in [0.15, 0.2) is 5.82 Å². The summed E-state index contributed by atoms with van der Waals surface area (Å²) in [5.74, 6) is 1.88. The summed E-state index contributed by atoms with van der Waals surface area (Å²) in [6.45, 7) is 7.11. The number of aromatic nitrogens is 3. The molecule has 1 aliphatic rings. The molecule has 0 amide bonds. The summed E-state index contributed by atoms with van der Waals surface area (Å²) in [4.78, 5) is 17.6. The fourth-order valence-electron chi connectivity index (χ4n) is 4.36. The van der Waals surface area contributed by atoms with Gasteiger partial charge in [0.2, 0.25) is 0 Å². The van der Waals surface area contributed by atoms with Gasteiger partial charge in [-0.1, -0.05) is 17.7 Å². The van der Waals surface area contributed by atoms with E-state index < -0.39 is 0 Å². The second kappa shape index (κ2) is 6.95. The third-order valence-electron chi connectivity index (χ3n) is 5.83. The summed E-state index contributed by atoms with van der Waals surface area (Å²) in [7, 11) is 1.71. The second-order valence-electron chi connectivity index (χ2n) is 7.78. The van der Waals surface area contributed by atoms with Crippen LogP contribution >= 0.6 is 0 Å². The molecule has 0 aliphatic carbocycles. The van der Waals surface area contributed by atoms with Gasteiger partial charge in [0.1, 0.15) is 23.1 Å². The first-order valence-electron chi connectivity index (χ1n) is 10.0. The number of nitrogens with one attached hydrogen (secondary N) is 1. The van der Waals surface area contributed by atoms with Crippen molar-refractivity contribution in [1.29, 1.82) is 0 Å². The molecule has 29 heavy (non-hydrogen) atoms. The number of aromatic amines is 1. The molecule has 1 saturated heterocycles. The first-order chi connectivity index (χ1) is 14.1. The standard InChI is InChI=1S/C23H25N5O/c1-15-7-8-20-19(11-15)21-22(26-20)23(25-14-24-21)27-9-10-28(16(2)13-27)17-5-4-6-18(12-17)29-3/h4-8,11-12,14,16,26H,9-10,13H2,1-3H3. The molecule has 2 aromatic heterocycles. The van der Waals surface area contributed by atoms with Crippen LogP contribution in [0.2, 0.25) is 0 Å². The zero-order chi connectivity index (χ0) is 20.0. The van der Waals surface area contributed by atoms with Crippen molar-refractivity contribution in [3.8, 4) is 5.75 Å². The van der Waals surface area contributed by atoms with Gasteiger partial charge in [0.05, 0.1) is 7.11 Å². The zero-order valence-corrected chi connectivity index (χ0v) is 17.0. The highest BCUT2D eigenvalue weighted by molar-refractivity contribution is 6.08. The molecule has 0 saturated carbocycles. The number of nitrogens with zero attached hydrogens (tertiary/aromatic N) is 4. The molecule has 0 radical (unpaired) electrons. The lowest BCUT2D eigenvalue weighted by molar-refractivity contribution is 0.414. The van der Waals surface area contributed by atoms with Gasteiger partial charge in [0.25, 0.3) is 0 Å². The molecular formula is C23H25N5O. The molecule has 1 N–H and O–H groups in total. The Morgan fingerprint density at radius 2 is 2.00 bits per heavy atom. The number of ether oxygens (including phenoxy) is 1. The quantitative estimate of drug-likeness (QED) is 0.572. The average Bonchev–Trinajstić information content (AvgIpc) is 3.11. The van der Waals surface area contributed by atoms with Crippen molar-refractivity contribution in [3.63, 3.8) is 0 Å². The van der Waals surface area contributed by atoms with Crippen LogP contribution in [0.4, 0.5) is 11.5 Å². The van der Waals surface area contributed by atoms with Crippen molar-refractivity contribution in [1.82, 2.24) is 15.0 Å². The Morgan fingerprint density at radius 3 is 2.83 bits per heavy atom. The number of aryl methyl sites for hydroxylation is 1. The number of fused-ring (bicyclic) bond motifs is 3. The molecule has 1 unspecified atom stereocenters. The lowest BCUT2D eigenvalue weighted by Crippen LogP contribution is -2.52. The van der Waals surface area contributed by atoms with E-state index in [1.54, 1.807) is 13.4 Å². The van der Waals surface area contributed by atoms with E-state index in [1.165, 1.54) is 11.3 Å². The topological polar surface area (TPSA) is 57.3 Å². The minimum absolute atomic E-state index is 0.354. The summed E-state index contributed by atoms with van der Waals surface area (Å²) >= 11 is 0. The largest absolute Gasteiger partial charge is 0.497 e. The summed E-state index contributed by atoms with van der Waals surface area (Å²) in [5, 5.41) is 1.16. The lowest BCUT2D eigenvalue weighted by Gasteiger charge is -2.41. The van der Waals surface area contributed by atoms with Crippen LogP contribution in [0.3, 0.4) is 0 Å². The fourth-order valence-corrected chi connectivity index (χ4v) is 4.36. The first-order valence-corrected chi connectivity index (χ1v) is 10.0. The van der Waals surface area contributed by atoms with E-state index >= 15 is 0 Å². The molecule has 1 atom stereocenters. The van der Waals surface area contributed by atoms with Crippen LogP contribution in [0.5, 0.6) is 5.75 Å². The van der Waals surface area contributed by atoms with Crippen molar-refractivity contribution < 1.29 is 4.74 Å². The Hall–Kier alpha value is -3.28. The third-order valence-corrected chi connectivity index (χ3v) is 5.83. The Morgan fingerprint density at radius 1 is 1.10 bits per heavy atom. The number of hydrogen-bond acceptors (Lipinski definition) is 5. The molecule has 4 aromatic rings. The molecule has 1 fully saturated rings. The van der Waals surface area contributed by atoms with E-state index in [2.05, 4.69) is 68.9 Å². The van der Waals surface area contributed by atoms with Crippen molar-refractivity contribution in [3.05, 3.63) is 54.4 Å². The fraction of sp³-hybridized carbons (Fsp3) is 0.304. The molecule has 0 bridgehead atoms. The second-order valence-corrected chi connectivity index (χ2v) is 7.78. The summed E-state index contributed by atoms with van der Waals surface area (Å²) < 4.78 is 5.40. The van der Waals surface area contributed by atoms with E-state index in [4.69, 9.17) is 4.74 Å². The van der Waals surface area contributed by atoms with Crippen LogP contribution in [0.15, 0.2) is 48.8 Å². The molecule has 5 rings (SSSR count). The monoisotopic (exact) mass is 387 g/mol. The smallest absolute Gasteiger partial charge is 0.156 e. The van der Waals surface area contributed by atoms with E-state index in [1.807, 2.05) is 12.1 Å². The molecular weight excluding hydrogens is 362 g/mol. The normalized spacial score (nSPS) is 17.3. The zero-order valence-electron chi connectivity index (χ0n) is 17.0. The highest BCUT2D eigenvalue weighted by Gasteiger charge is 2.27. The molecule has 1 aliphatic heterocycles. The predicted octanol–water partition coefficient (Wildman–Crippen LogP) is 4.14. The highest BCUT2D eigenvalue weighted by Crippen LogP contribution is 2.32. The van der Waals surface area contributed by atoms with Crippen LogP contribution in [0.25, 0.3) is 21.9 Å². The van der Waals surface area contributed by atoms with Crippen LogP contribution in [-0.2, 0) is 0 Å². The average molecular weight is 387 g/mol. The summed E-state index contributed by atoms with van der Waals surface area (Å²) in [5.41, 5.74) is 5.56. The molecule has 0 spiro atoms. The first kappa shape index (κ1) is 17.8. The number of hydrogen-bond donors (Lipinski definition) is 1. The van der Waals surface area contributed by atoms with Gasteiger partial charge in [-0.2, -0.15) is 0 Å². The van der Waals surface area contributed by atoms with Crippen molar-refractivity contribution >= 4 is 33.4 Å². The van der Waals surface area contributed by atoms with Crippen molar-refractivity contribution in [2.75, 3.05) is 36.5 Å².